The standard InChI is InChI=1S/C18H24N2O3/c1-16(2,3)23-15(22)20-8-7-13-17(4,5)14(21)12(10-19)9-18(13,6)11-20/h7,9H,8,11H2,1-6H3. The average molecular weight is 316 g/mol. The number of Topliss-reactive ketones (excluding diaryl/α,β-unsaturated/α-hetero) is 1. The first-order valence-electron chi connectivity index (χ1n) is 7.77. The summed E-state index contributed by atoms with van der Waals surface area (Å²) < 4.78 is 5.43. The molecule has 23 heavy (non-hydrogen) atoms. The second-order valence-electron chi connectivity index (χ2n) is 8.02. The SMILES string of the molecule is CC(C)(C)OC(=O)N1CC=C2C(C)(C=C(C#N)C(=O)C2(C)C)C1. The van der Waals surface area contributed by atoms with E-state index in [9.17, 15) is 14.9 Å². The van der Waals surface area contributed by atoms with Crippen LogP contribution in [0.3, 0.4) is 0 Å². The molecule has 5 nitrogen and oxygen atoms in total. The van der Waals surface area contributed by atoms with Gasteiger partial charge in [0.15, 0.2) is 5.78 Å². The van der Waals surface area contributed by atoms with E-state index in [0.717, 1.165) is 5.57 Å². The fourth-order valence-corrected chi connectivity index (χ4v) is 3.46. The van der Waals surface area contributed by atoms with Gasteiger partial charge in [-0.3, -0.25) is 4.79 Å². The van der Waals surface area contributed by atoms with Crippen LogP contribution in [0.4, 0.5) is 4.79 Å². The molecule has 0 fully saturated rings. The number of fused-ring (bicyclic) bond motifs is 1. The highest BCUT2D eigenvalue weighted by Crippen LogP contribution is 2.49. The number of nitrogens with zero attached hydrogens (tertiary/aromatic N) is 2. The van der Waals surface area contributed by atoms with Gasteiger partial charge in [-0.05, 0) is 40.2 Å². The van der Waals surface area contributed by atoms with Gasteiger partial charge >= 0.3 is 6.09 Å². The molecule has 0 bridgehead atoms. The molecule has 0 aromatic rings. The molecule has 0 saturated heterocycles. The number of nitriles is 1. The van der Waals surface area contributed by atoms with Gasteiger partial charge in [0.2, 0.25) is 0 Å². The predicted molar refractivity (Wildman–Crippen MR) is 86.5 cm³/mol. The van der Waals surface area contributed by atoms with Gasteiger partial charge in [-0.15, -0.1) is 0 Å². The molecule has 2 aliphatic rings. The Morgan fingerprint density at radius 3 is 2.48 bits per heavy atom. The largest absolute Gasteiger partial charge is 0.444 e. The van der Waals surface area contributed by atoms with E-state index >= 15 is 0 Å². The van der Waals surface area contributed by atoms with Crippen molar-refractivity contribution in [3.63, 3.8) is 0 Å². The molecule has 1 heterocycles. The molecule has 1 atom stereocenters. The van der Waals surface area contributed by atoms with Crippen molar-refractivity contribution in [2.24, 2.45) is 10.8 Å². The quantitative estimate of drug-likeness (QED) is 0.643. The predicted octanol–water partition coefficient (Wildman–Crippen LogP) is 3.23. The van der Waals surface area contributed by atoms with Crippen LogP contribution in [-0.2, 0) is 9.53 Å². The number of ether oxygens (including phenoxy) is 1. The van der Waals surface area contributed by atoms with Crippen molar-refractivity contribution < 1.29 is 14.3 Å². The lowest BCUT2D eigenvalue weighted by atomic mass is 9.60. The maximum Gasteiger partial charge on any atom is 0.410 e. The third kappa shape index (κ3) is 3.03. The van der Waals surface area contributed by atoms with Gasteiger partial charge in [0.1, 0.15) is 11.7 Å². The van der Waals surface area contributed by atoms with Gasteiger partial charge < -0.3 is 9.64 Å². The zero-order valence-corrected chi connectivity index (χ0v) is 14.7. The highest BCUT2D eigenvalue weighted by atomic mass is 16.6. The molecule has 0 N–H and O–H groups in total. The zero-order chi connectivity index (χ0) is 17.6. The fraction of sp³-hybridized carbons (Fsp3) is 0.611. The van der Waals surface area contributed by atoms with Crippen molar-refractivity contribution in [1.29, 1.82) is 5.26 Å². The van der Waals surface area contributed by atoms with Crippen molar-refractivity contribution in [3.8, 4) is 6.07 Å². The molecule has 0 spiro atoms. The van der Waals surface area contributed by atoms with Gasteiger partial charge in [-0.1, -0.05) is 19.1 Å². The summed E-state index contributed by atoms with van der Waals surface area (Å²) in [6.45, 7) is 11.9. The summed E-state index contributed by atoms with van der Waals surface area (Å²) in [5.74, 6) is -0.158. The lowest BCUT2D eigenvalue weighted by Crippen LogP contribution is -2.51. The monoisotopic (exact) mass is 316 g/mol. The number of rotatable bonds is 0. The Morgan fingerprint density at radius 2 is 1.96 bits per heavy atom. The Hall–Kier alpha value is -2.09. The molecule has 0 aromatic carbocycles. The van der Waals surface area contributed by atoms with Crippen molar-refractivity contribution in [2.45, 2.75) is 47.1 Å². The molecule has 5 heteroatoms. The minimum absolute atomic E-state index is 0.158. The first kappa shape index (κ1) is 17.3. The van der Waals surface area contributed by atoms with Gasteiger partial charge in [-0.2, -0.15) is 5.26 Å². The highest BCUT2D eigenvalue weighted by Gasteiger charge is 2.49. The topological polar surface area (TPSA) is 70.4 Å². The van der Waals surface area contributed by atoms with Crippen LogP contribution >= 0.6 is 0 Å². The second kappa shape index (κ2) is 5.23. The summed E-state index contributed by atoms with van der Waals surface area (Å²) >= 11 is 0. The van der Waals surface area contributed by atoms with Crippen LogP contribution in [0.25, 0.3) is 0 Å². The summed E-state index contributed by atoms with van der Waals surface area (Å²) in [6.07, 6.45) is 3.24. The number of hydrogen-bond acceptors (Lipinski definition) is 4. The van der Waals surface area contributed by atoms with E-state index in [0.29, 0.717) is 13.1 Å². The summed E-state index contributed by atoms with van der Waals surface area (Å²) in [5.41, 5.74) is -0.682. The molecule has 0 aromatic heterocycles. The van der Waals surface area contributed by atoms with E-state index in [1.807, 2.05) is 53.7 Å². The number of allylic oxidation sites excluding steroid dienone is 1. The first-order valence-corrected chi connectivity index (χ1v) is 7.77. The van der Waals surface area contributed by atoms with Crippen molar-refractivity contribution in [2.75, 3.05) is 13.1 Å². The summed E-state index contributed by atoms with van der Waals surface area (Å²) in [4.78, 5) is 26.4. The second-order valence-corrected chi connectivity index (χ2v) is 8.02. The molecule has 0 radical (unpaired) electrons. The lowest BCUT2D eigenvalue weighted by Gasteiger charge is -2.47. The van der Waals surface area contributed by atoms with Gasteiger partial charge in [0, 0.05) is 18.5 Å². The number of ketones is 1. The third-order valence-electron chi connectivity index (χ3n) is 4.37. The number of hydrogen-bond donors (Lipinski definition) is 0. The summed E-state index contributed by atoms with van der Waals surface area (Å²) in [5, 5.41) is 9.26. The van der Waals surface area contributed by atoms with Crippen LogP contribution in [-0.4, -0.2) is 35.5 Å². The normalized spacial score (nSPS) is 26.7. The number of amides is 1. The van der Waals surface area contributed by atoms with Crippen molar-refractivity contribution in [1.82, 2.24) is 4.90 Å². The van der Waals surface area contributed by atoms with Crippen LogP contribution in [0, 0.1) is 22.2 Å². The lowest BCUT2D eigenvalue weighted by molar-refractivity contribution is -0.122. The van der Waals surface area contributed by atoms with E-state index in [2.05, 4.69) is 0 Å². The van der Waals surface area contributed by atoms with E-state index in [1.165, 1.54) is 0 Å². The minimum atomic E-state index is -0.728. The molecule has 124 valence electrons. The van der Waals surface area contributed by atoms with Gasteiger partial charge in [-0.25, -0.2) is 4.79 Å². The molecule has 2 rings (SSSR count). The Labute approximate surface area is 137 Å². The van der Waals surface area contributed by atoms with E-state index in [1.54, 1.807) is 11.0 Å². The molecule has 1 unspecified atom stereocenters. The smallest absolute Gasteiger partial charge is 0.410 e. The highest BCUT2D eigenvalue weighted by molar-refractivity contribution is 6.06. The Morgan fingerprint density at radius 1 is 1.35 bits per heavy atom. The molecule has 1 amide bonds. The molecule has 1 aliphatic heterocycles. The van der Waals surface area contributed by atoms with Crippen LogP contribution < -0.4 is 0 Å². The van der Waals surface area contributed by atoms with Gasteiger partial charge in [0.25, 0.3) is 0 Å². The van der Waals surface area contributed by atoms with Crippen molar-refractivity contribution >= 4 is 11.9 Å². The molecule has 0 saturated carbocycles. The molecular formula is C18H24N2O3. The molecular weight excluding hydrogens is 292 g/mol. The van der Waals surface area contributed by atoms with Gasteiger partial charge in [0.05, 0.1) is 11.0 Å². The minimum Gasteiger partial charge on any atom is -0.444 e. The van der Waals surface area contributed by atoms with E-state index in [-0.39, 0.29) is 17.4 Å². The maximum absolute atomic E-state index is 12.4. The van der Waals surface area contributed by atoms with E-state index in [4.69, 9.17) is 4.74 Å². The summed E-state index contributed by atoms with van der Waals surface area (Å²) in [7, 11) is 0. The van der Waals surface area contributed by atoms with Crippen LogP contribution in [0.15, 0.2) is 23.3 Å². The maximum atomic E-state index is 12.4. The average Bonchev–Trinajstić information content (AvgIpc) is 2.40. The Kier molecular flexibility index (Phi) is 3.92. The third-order valence-corrected chi connectivity index (χ3v) is 4.37. The van der Waals surface area contributed by atoms with Crippen LogP contribution in [0.5, 0.6) is 0 Å². The number of carbonyl (C=O) groups excluding carboxylic acids is 2. The van der Waals surface area contributed by atoms with Crippen LogP contribution in [0.2, 0.25) is 0 Å². The van der Waals surface area contributed by atoms with Crippen LogP contribution in [0.1, 0.15) is 41.5 Å². The molecule has 1 aliphatic carbocycles. The fourth-order valence-electron chi connectivity index (χ4n) is 3.46. The first-order chi connectivity index (χ1) is 10.4. The van der Waals surface area contributed by atoms with E-state index < -0.39 is 16.4 Å². The number of carbonyl (C=O) groups is 2. The Bertz CT molecular complexity index is 659. The Balaban J connectivity index is 2.38. The zero-order valence-electron chi connectivity index (χ0n) is 14.7. The summed E-state index contributed by atoms with van der Waals surface area (Å²) in [6, 6.07) is 2.00. The van der Waals surface area contributed by atoms with Crippen molar-refractivity contribution in [3.05, 3.63) is 23.3 Å².